The Bertz CT molecular complexity index is 1160. The molecule has 1 aliphatic rings. The van der Waals surface area contributed by atoms with Crippen LogP contribution in [0.4, 0.5) is 0 Å². The fraction of sp³-hybridized carbons (Fsp3) is 0.435. The normalized spacial score (nSPS) is 15.4. The molecule has 1 fully saturated rings. The van der Waals surface area contributed by atoms with Gasteiger partial charge in [0, 0.05) is 25.1 Å². The Balaban J connectivity index is 1.43. The summed E-state index contributed by atoms with van der Waals surface area (Å²) in [5.74, 6) is 0.830. The predicted octanol–water partition coefficient (Wildman–Crippen LogP) is 1.59. The van der Waals surface area contributed by atoms with Gasteiger partial charge in [-0.25, -0.2) is 14.5 Å². The zero-order valence-electron chi connectivity index (χ0n) is 17.8. The highest BCUT2D eigenvalue weighted by Crippen LogP contribution is 2.27. The van der Waals surface area contributed by atoms with Gasteiger partial charge in [0.1, 0.15) is 25.1 Å². The molecule has 0 radical (unpaired) electrons. The van der Waals surface area contributed by atoms with E-state index in [-0.39, 0.29) is 0 Å². The second-order valence-electron chi connectivity index (χ2n) is 8.23. The maximum atomic E-state index is 5.47. The van der Waals surface area contributed by atoms with Crippen molar-refractivity contribution in [2.45, 2.75) is 33.2 Å². The number of quaternary nitrogens is 1. The van der Waals surface area contributed by atoms with Crippen LogP contribution in [-0.4, -0.2) is 57.0 Å². The second-order valence-corrected chi connectivity index (χ2v) is 8.23. The van der Waals surface area contributed by atoms with E-state index in [2.05, 4.69) is 47.8 Å². The van der Waals surface area contributed by atoms with Crippen molar-refractivity contribution in [1.29, 1.82) is 0 Å². The highest BCUT2D eigenvalue weighted by Gasteiger charge is 2.19. The molecule has 156 valence electrons. The summed E-state index contributed by atoms with van der Waals surface area (Å²) in [6, 6.07) is 10.4. The molecule has 0 aliphatic carbocycles. The van der Waals surface area contributed by atoms with Crippen LogP contribution in [0.25, 0.3) is 16.7 Å². The van der Waals surface area contributed by atoms with E-state index in [1.54, 1.807) is 4.90 Å². The quantitative estimate of drug-likeness (QED) is 0.529. The van der Waals surface area contributed by atoms with E-state index in [9.17, 15) is 0 Å². The van der Waals surface area contributed by atoms with E-state index in [0.29, 0.717) is 0 Å². The molecule has 0 atom stereocenters. The van der Waals surface area contributed by atoms with Crippen LogP contribution in [0.3, 0.4) is 0 Å². The van der Waals surface area contributed by atoms with Crippen molar-refractivity contribution in [2.24, 2.45) is 0 Å². The fourth-order valence-electron chi connectivity index (χ4n) is 4.50. The number of nitrogens with one attached hydrogen (secondary N) is 1. The standard InChI is InChI=1S/C23H28N6O/c1-17-18(2)28(10-6-9-27-11-13-30-14-12-27)22-21(17)23-25-20(26-29(23)16-24-22)15-19-7-4-3-5-8-19/h3-5,7-8,16H,6,9-15H2,1-2H3/p+1. The summed E-state index contributed by atoms with van der Waals surface area (Å²) in [4.78, 5) is 11.3. The molecule has 1 aliphatic heterocycles. The molecule has 0 spiro atoms. The zero-order chi connectivity index (χ0) is 20.5. The molecule has 4 aromatic rings. The number of nitrogens with zero attached hydrogens (tertiary/aromatic N) is 5. The number of hydrogen-bond acceptors (Lipinski definition) is 4. The number of benzene rings is 1. The van der Waals surface area contributed by atoms with Gasteiger partial charge in [0.25, 0.3) is 0 Å². The average molecular weight is 406 g/mol. The summed E-state index contributed by atoms with van der Waals surface area (Å²) in [6.07, 6.45) is 3.67. The first-order valence-corrected chi connectivity index (χ1v) is 10.9. The minimum atomic E-state index is 0.727. The topological polar surface area (TPSA) is 61.7 Å². The number of aryl methyl sites for hydroxylation is 2. The molecule has 7 heteroatoms. The third-order valence-corrected chi connectivity index (χ3v) is 6.31. The van der Waals surface area contributed by atoms with Crippen LogP contribution in [0.15, 0.2) is 36.7 Å². The predicted molar refractivity (Wildman–Crippen MR) is 116 cm³/mol. The monoisotopic (exact) mass is 405 g/mol. The lowest BCUT2D eigenvalue weighted by molar-refractivity contribution is -0.908. The highest BCUT2D eigenvalue weighted by atomic mass is 16.5. The first-order chi connectivity index (χ1) is 14.7. The summed E-state index contributed by atoms with van der Waals surface area (Å²) >= 11 is 0. The molecule has 0 saturated carbocycles. The molecule has 1 N–H and O–H groups in total. The van der Waals surface area contributed by atoms with Crippen molar-refractivity contribution in [3.05, 3.63) is 59.3 Å². The molecular formula is C23H29N6O+. The Morgan fingerprint density at radius 3 is 2.67 bits per heavy atom. The van der Waals surface area contributed by atoms with Gasteiger partial charge >= 0.3 is 0 Å². The molecule has 1 aromatic carbocycles. The molecule has 4 heterocycles. The van der Waals surface area contributed by atoms with Gasteiger partial charge in [-0.15, -0.1) is 5.10 Å². The molecule has 5 rings (SSSR count). The summed E-state index contributed by atoms with van der Waals surface area (Å²) in [6.45, 7) is 10.5. The first-order valence-electron chi connectivity index (χ1n) is 10.9. The number of hydrogen-bond donors (Lipinski definition) is 1. The molecular weight excluding hydrogens is 376 g/mol. The lowest BCUT2D eigenvalue weighted by Gasteiger charge is -2.23. The summed E-state index contributed by atoms with van der Waals surface area (Å²) < 4.78 is 9.66. The average Bonchev–Trinajstić information content (AvgIpc) is 3.29. The molecule has 7 nitrogen and oxygen atoms in total. The van der Waals surface area contributed by atoms with Crippen LogP contribution in [0.5, 0.6) is 0 Å². The van der Waals surface area contributed by atoms with Crippen LogP contribution in [0.2, 0.25) is 0 Å². The van der Waals surface area contributed by atoms with Crippen molar-refractivity contribution >= 4 is 16.7 Å². The second kappa shape index (κ2) is 8.16. The number of fused-ring (bicyclic) bond motifs is 3. The van der Waals surface area contributed by atoms with Gasteiger partial charge < -0.3 is 14.2 Å². The lowest BCUT2D eigenvalue weighted by Crippen LogP contribution is -3.14. The maximum Gasteiger partial charge on any atom is 0.168 e. The molecule has 0 amide bonds. The van der Waals surface area contributed by atoms with Crippen molar-refractivity contribution < 1.29 is 9.64 Å². The third kappa shape index (κ3) is 3.59. The number of ether oxygens (including phenoxy) is 1. The number of aromatic nitrogens is 5. The highest BCUT2D eigenvalue weighted by molar-refractivity contribution is 5.93. The van der Waals surface area contributed by atoms with Crippen LogP contribution >= 0.6 is 0 Å². The Hall–Kier alpha value is -2.77. The molecule has 0 unspecified atom stereocenters. The van der Waals surface area contributed by atoms with Gasteiger partial charge in [0.2, 0.25) is 0 Å². The third-order valence-electron chi connectivity index (χ3n) is 6.31. The largest absolute Gasteiger partial charge is 0.370 e. The summed E-state index contributed by atoms with van der Waals surface area (Å²) in [5.41, 5.74) is 5.67. The minimum Gasteiger partial charge on any atom is -0.370 e. The zero-order valence-corrected chi connectivity index (χ0v) is 17.8. The van der Waals surface area contributed by atoms with Gasteiger partial charge in [0.15, 0.2) is 11.5 Å². The number of rotatable bonds is 6. The Morgan fingerprint density at radius 2 is 1.87 bits per heavy atom. The Kier molecular flexibility index (Phi) is 5.23. The van der Waals surface area contributed by atoms with Gasteiger partial charge in [0.05, 0.1) is 25.1 Å². The van der Waals surface area contributed by atoms with E-state index < -0.39 is 0 Å². The van der Waals surface area contributed by atoms with Gasteiger partial charge in [-0.05, 0) is 25.0 Å². The minimum absolute atomic E-state index is 0.727. The van der Waals surface area contributed by atoms with E-state index in [1.165, 1.54) is 23.4 Å². The van der Waals surface area contributed by atoms with Crippen LogP contribution in [0, 0.1) is 13.8 Å². The summed E-state index contributed by atoms with van der Waals surface area (Å²) in [7, 11) is 0. The lowest BCUT2D eigenvalue weighted by atomic mass is 10.1. The van der Waals surface area contributed by atoms with E-state index >= 15 is 0 Å². The molecule has 1 saturated heterocycles. The van der Waals surface area contributed by atoms with E-state index in [0.717, 1.165) is 68.2 Å². The Labute approximate surface area is 176 Å². The van der Waals surface area contributed by atoms with Gasteiger partial charge in [-0.2, -0.15) is 0 Å². The smallest absolute Gasteiger partial charge is 0.168 e. The van der Waals surface area contributed by atoms with Crippen LogP contribution < -0.4 is 4.90 Å². The summed E-state index contributed by atoms with van der Waals surface area (Å²) in [5, 5.41) is 5.81. The Morgan fingerprint density at radius 1 is 1.07 bits per heavy atom. The van der Waals surface area contributed by atoms with Crippen LogP contribution in [-0.2, 0) is 17.7 Å². The van der Waals surface area contributed by atoms with Gasteiger partial charge in [-0.3, -0.25) is 0 Å². The SMILES string of the molecule is Cc1c(C)n(CCC[NH+]2CCOCC2)c2ncn3nc(Cc4ccccc4)nc3c12. The van der Waals surface area contributed by atoms with Crippen LogP contribution in [0.1, 0.15) is 29.1 Å². The molecule has 30 heavy (non-hydrogen) atoms. The van der Waals surface area contributed by atoms with Crippen molar-refractivity contribution in [1.82, 2.24) is 24.1 Å². The fourth-order valence-corrected chi connectivity index (χ4v) is 4.50. The van der Waals surface area contributed by atoms with Crippen molar-refractivity contribution in [2.75, 3.05) is 32.8 Å². The first kappa shape index (κ1) is 19.2. The maximum absolute atomic E-state index is 5.47. The van der Waals surface area contributed by atoms with Crippen molar-refractivity contribution in [3.63, 3.8) is 0 Å². The van der Waals surface area contributed by atoms with E-state index in [1.807, 2.05) is 16.9 Å². The van der Waals surface area contributed by atoms with Gasteiger partial charge in [-0.1, -0.05) is 30.3 Å². The number of morpholine rings is 1. The van der Waals surface area contributed by atoms with Crippen molar-refractivity contribution in [3.8, 4) is 0 Å². The molecule has 3 aromatic heterocycles. The molecule has 0 bridgehead atoms. The van der Waals surface area contributed by atoms with E-state index in [4.69, 9.17) is 14.7 Å².